The number of rotatable bonds is 5. The van der Waals surface area contributed by atoms with E-state index in [1.807, 2.05) is 13.8 Å². The molecule has 1 heterocycles. The van der Waals surface area contributed by atoms with Gasteiger partial charge in [-0.2, -0.15) is 4.98 Å². The largest absolute Gasteiger partial charge is 0.264 e. The minimum atomic E-state index is -3.79. The Bertz CT molecular complexity index is 1070. The van der Waals surface area contributed by atoms with Gasteiger partial charge in [0.15, 0.2) is 0 Å². The Balaban J connectivity index is 1.78. The van der Waals surface area contributed by atoms with E-state index in [2.05, 4.69) is 14.8 Å². The Labute approximate surface area is 155 Å². The first-order chi connectivity index (χ1) is 12.2. The minimum Gasteiger partial charge on any atom is -0.246 e. The average Bonchev–Trinajstić information content (AvgIpc) is 2.99. The molecule has 26 heavy (non-hydrogen) atoms. The van der Waals surface area contributed by atoms with E-state index >= 15 is 0 Å². The molecule has 2 aromatic carbocycles. The van der Waals surface area contributed by atoms with Crippen LogP contribution in [0.4, 0.5) is 10.3 Å². The quantitative estimate of drug-likeness (QED) is 0.718. The first-order valence-corrected chi connectivity index (χ1v) is 9.54. The van der Waals surface area contributed by atoms with Crippen LogP contribution < -0.4 is 4.72 Å². The molecule has 0 spiro atoms. The van der Waals surface area contributed by atoms with Crippen molar-refractivity contribution in [2.45, 2.75) is 25.3 Å². The summed E-state index contributed by atoms with van der Waals surface area (Å²) >= 11 is 5.99. The molecule has 0 unspecified atom stereocenters. The smallest absolute Gasteiger partial charge is 0.246 e. The van der Waals surface area contributed by atoms with Crippen molar-refractivity contribution >= 4 is 27.6 Å². The lowest BCUT2D eigenvalue weighted by atomic mass is 10.1. The van der Waals surface area contributed by atoms with Gasteiger partial charge in [-0.25, -0.2) is 22.2 Å². The number of halogens is 2. The van der Waals surface area contributed by atoms with Crippen LogP contribution >= 0.6 is 11.6 Å². The fourth-order valence-corrected chi connectivity index (χ4v) is 3.56. The maximum atomic E-state index is 13.1. The maximum absolute atomic E-state index is 13.1. The van der Waals surface area contributed by atoms with Crippen LogP contribution in [0.5, 0.6) is 0 Å². The Hall–Kier alpha value is -2.45. The van der Waals surface area contributed by atoms with Crippen molar-refractivity contribution in [1.29, 1.82) is 0 Å². The summed E-state index contributed by atoms with van der Waals surface area (Å²) in [5, 5.41) is 4.34. The molecule has 3 aromatic rings. The SMILES string of the molecule is Cc1ccc(S(=O)(=O)Nc2ncn(Cc3ccc(F)cc3Cl)n2)cc1C. The van der Waals surface area contributed by atoms with Gasteiger partial charge in [0.25, 0.3) is 16.0 Å². The molecule has 0 fully saturated rings. The van der Waals surface area contributed by atoms with Crippen molar-refractivity contribution in [2.75, 3.05) is 4.72 Å². The van der Waals surface area contributed by atoms with Gasteiger partial charge in [-0.05, 0) is 54.8 Å². The Morgan fingerprint density at radius 3 is 2.62 bits per heavy atom. The maximum Gasteiger partial charge on any atom is 0.264 e. The fraction of sp³-hybridized carbons (Fsp3) is 0.176. The highest BCUT2D eigenvalue weighted by molar-refractivity contribution is 7.92. The first-order valence-electron chi connectivity index (χ1n) is 7.68. The van der Waals surface area contributed by atoms with Crippen LogP contribution in [-0.2, 0) is 16.6 Å². The van der Waals surface area contributed by atoms with Crippen molar-refractivity contribution in [3.8, 4) is 0 Å². The Morgan fingerprint density at radius 2 is 1.92 bits per heavy atom. The molecule has 0 bridgehead atoms. The second kappa shape index (κ2) is 7.05. The molecule has 0 aliphatic carbocycles. The lowest BCUT2D eigenvalue weighted by Crippen LogP contribution is -2.14. The third-order valence-electron chi connectivity index (χ3n) is 3.90. The molecule has 0 aliphatic heterocycles. The Morgan fingerprint density at radius 1 is 1.15 bits per heavy atom. The normalized spacial score (nSPS) is 11.5. The molecule has 1 aromatic heterocycles. The number of aryl methyl sites for hydroxylation is 2. The third kappa shape index (κ3) is 4.03. The highest BCUT2D eigenvalue weighted by Gasteiger charge is 2.17. The summed E-state index contributed by atoms with van der Waals surface area (Å²) in [5.74, 6) is -0.486. The summed E-state index contributed by atoms with van der Waals surface area (Å²) in [6.07, 6.45) is 1.37. The summed E-state index contributed by atoms with van der Waals surface area (Å²) < 4.78 is 41.8. The molecule has 9 heteroatoms. The van der Waals surface area contributed by atoms with Gasteiger partial charge in [0.2, 0.25) is 0 Å². The van der Waals surface area contributed by atoms with Crippen LogP contribution in [0.15, 0.2) is 47.6 Å². The molecule has 6 nitrogen and oxygen atoms in total. The molecule has 0 amide bonds. The zero-order valence-electron chi connectivity index (χ0n) is 14.1. The van der Waals surface area contributed by atoms with E-state index in [4.69, 9.17) is 11.6 Å². The number of benzene rings is 2. The van der Waals surface area contributed by atoms with Gasteiger partial charge in [-0.3, -0.25) is 0 Å². The van der Waals surface area contributed by atoms with Gasteiger partial charge in [0.1, 0.15) is 12.1 Å². The van der Waals surface area contributed by atoms with Crippen LogP contribution in [0.2, 0.25) is 5.02 Å². The molecular weight excluding hydrogens is 379 g/mol. The van der Waals surface area contributed by atoms with E-state index in [0.717, 1.165) is 11.1 Å². The standard InChI is InChI=1S/C17H16ClFN4O2S/c1-11-3-6-15(7-12(11)2)26(24,25)22-17-20-10-23(21-17)9-13-4-5-14(19)8-16(13)18/h3-8,10H,9H2,1-2H3,(H,21,22). The lowest BCUT2D eigenvalue weighted by Gasteiger charge is -2.07. The number of nitrogens with one attached hydrogen (secondary N) is 1. The molecule has 0 saturated carbocycles. The second-order valence-corrected chi connectivity index (χ2v) is 7.94. The predicted molar refractivity (Wildman–Crippen MR) is 97.3 cm³/mol. The van der Waals surface area contributed by atoms with Gasteiger partial charge in [-0.1, -0.05) is 23.7 Å². The van der Waals surface area contributed by atoms with Crippen molar-refractivity contribution in [2.24, 2.45) is 0 Å². The number of hydrogen-bond donors (Lipinski definition) is 1. The topological polar surface area (TPSA) is 76.9 Å². The van der Waals surface area contributed by atoms with Gasteiger partial charge in [-0.15, -0.1) is 5.10 Å². The summed E-state index contributed by atoms with van der Waals surface area (Å²) in [7, 11) is -3.79. The predicted octanol–water partition coefficient (Wildman–Crippen LogP) is 3.54. The number of aromatic nitrogens is 3. The van der Waals surface area contributed by atoms with E-state index < -0.39 is 15.8 Å². The summed E-state index contributed by atoms with van der Waals surface area (Å²) in [6, 6.07) is 8.90. The zero-order chi connectivity index (χ0) is 18.9. The molecule has 3 rings (SSSR count). The van der Waals surface area contributed by atoms with Crippen LogP contribution in [0.25, 0.3) is 0 Å². The average molecular weight is 395 g/mol. The van der Waals surface area contributed by atoms with E-state index in [-0.39, 0.29) is 22.4 Å². The molecule has 0 saturated heterocycles. The molecule has 1 N–H and O–H groups in total. The van der Waals surface area contributed by atoms with Crippen LogP contribution in [0.1, 0.15) is 16.7 Å². The van der Waals surface area contributed by atoms with Crippen molar-refractivity contribution < 1.29 is 12.8 Å². The molecule has 0 aliphatic rings. The summed E-state index contributed by atoms with van der Waals surface area (Å²) in [5.41, 5.74) is 2.52. The van der Waals surface area contributed by atoms with Gasteiger partial charge >= 0.3 is 0 Å². The van der Waals surface area contributed by atoms with E-state index in [0.29, 0.717) is 5.56 Å². The van der Waals surface area contributed by atoms with Crippen molar-refractivity contribution in [1.82, 2.24) is 14.8 Å². The number of hydrogen-bond acceptors (Lipinski definition) is 4. The van der Waals surface area contributed by atoms with Crippen LogP contribution in [0, 0.1) is 19.7 Å². The van der Waals surface area contributed by atoms with E-state index in [1.165, 1.54) is 35.3 Å². The minimum absolute atomic E-state index is 0.0542. The lowest BCUT2D eigenvalue weighted by molar-refractivity contribution is 0.600. The molecule has 0 radical (unpaired) electrons. The molecular formula is C17H16ClFN4O2S. The zero-order valence-corrected chi connectivity index (χ0v) is 15.6. The first kappa shape index (κ1) is 18.3. The summed E-state index contributed by atoms with van der Waals surface area (Å²) in [4.78, 5) is 4.09. The third-order valence-corrected chi connectivity index (χ3v) is 5.58. The number of sulfonamides is 1. The van der Waals surface area contributed by atoms with E-state index in [1.54, 1.807) is 12.1 Å². The van der Waals surface area contributed by atoms with Crippen LogP contribution in [0.3, 0.4) is 0 Å². The Kier molecular flexibility index (Phi) is 4.97. The fourth-order valence-electron chi connectivity index (χ4n) is 2.30. The van der Waals surface area contributed by atoms with Crippen molar-refractivity contribution in [3.05, 3.63) is 70.3 Å². The number of nitrogens with zero attached hydrogens (tertiary/aromatic N) is 3. The molecule has 136 valence electrons. The highest BCUT2D eigenvalue weighted by Crippen LogP contribution is 2.19. The number of anilines is 1. The molecule has 0 atom stereocenters. The van der Waals surface area contributed by atoms with Crippen molar-refractivity contribution in [3.63, 3.8) is 0 Å². The monoisotopic (exact) mass is 394 g/mol. The van der Waals surface area contributed by atoms with Gasteiger partial charge in [0.05, 0.1) is 11.4 Å². The highest BCUT2D eigenvalue weighted by atomic mass is 35.5. The van der Waals surface area contributed by atoms with Gasteiger partial charge < -0.3 is 0 Å². The second-order valence-electron chi connectivity index (χ2n) is 5.85. The summed E-state index contributed by atoms with van der Waals surface area (Å²) in [6.45, 7) is 3.98. The van der Waals surface area contributed by atoms with E-state index in [9.17, 15) is 12.8 Å². The van der Waals surface area contributed by atoms with Gasteiger partial charge in [0, 0.05) is 5.02 Å². The van der Waals surface area contributed by atoms with Crippen LogP contribution in [-0.4, -0.2) is 23.2 Å².